The summed E-state index contributed by atoms with van der Waals surface area (Å²) in [6, 6.07) is 9.13. The third-order valence-electron chi connectivity index (χ3n) is 4.15. The van der Waals surface area contributed by atoms with E-state index in [0.29, 0.717) is 11.8 Å². The summed E-state index contributed by atoms with van der Waals surface area (Å²) in [6.45, 7) is 14.8. The summed E-state index contributed by atoms with van der Waals surface area (Å²) in [7, 11) is 0. The molecule has 106 valence electrons. The Morgan fingerprint density at radius 3 is 2.42 bits per heavy atom. The number of anilines is 1. The van der Waals surface area contributed by atoms with Crippen LogP contribution in [0.3, 0.4) is 0 Å². The molecule has 0 aromatic heterocycles. The molecule has 1 aliphatic heterocycles. The molecule has 0 saturated carbocycles. The van der Waals surface area contributed by atoms with Gasteiger partial charge < -0.3 is 10.2 Å². The molecule has 2 nitrogen and oxygen atoms in total. The van der Waals surface area contributed by atoms with Gasteiger partial charge in [-0.15, -0.1) is 0 Å². The second kappa shape index (κ2) is 5.54. The quantitative estimate of drug-likeness (QED) is 0.873. The van der Waals surface area contributed by atoms with Gasteiger partial charge in [0.25, 0.3) is 0 Å². The van der Waals surface area contributed by atoms with Crippen LogP contribution < -0.4 is 10.2 Å². The summed E-state index contributed by atoms with van der Waals surface area (Å²) in [6.07, 6.45) is 0. The molecule has 0 aliphatic carbocycles. The predicted octanol–water partition coefficient (Wildman–Crippen LogP) is 3.63. The summed E-state index contributed by atoms with van der Waals surface area (Å²) in [5, 5.41) is 3.57. The fourth-order valence-electron chi connectivity index (χ4n) is 2.84. The maximum Gasteiger partial charge on any atom is 0.0470 e. The molecule has 1 saturated heterocycles. The lowest BCUT2D eigenvalue weighted by Gasteiger charge is -2.39. The first-order chi connectivity index (χ1) is 8.90. The van der Waals surface area contributed by atoms with E-state index >= 15 is 0 Å². The normalized spacial score (nSPS) is 23.5. The summed E-state index contributed by atoms with van der Waals surface area (Å²) in [5.74, 6) is 1.29. The van der Waals surface area contributed by atoms with E-state index in [1.54, 1.807) is 0 Å². The number of nitrogens with one attached hydrogen (secondary N) is 1. The van der Waals surface area contributed by atoms with Crippen molar-refractivity contribution >= 4 is 5.69 Å². The molecular formula is C17H28N2. The van der Waals surface area contributed by atoms with E-state index in [1.165, 1.54) is 11.3 Å². The fraction of sp³-hybridized carbons (Fsp3) is 0.647. The first-order valence-corrected chi connectivity index (χ1v) is 7.48. The Morgan fingerprint density at radius 1 is 1.21 bits per heavy atom. The molecule has 0 amide bonds. The molecule has 0 bridgehead atoms. The largest absolute Gasteiger partial charge is 0.365 e. The Kier molecular flexibility index (Phi) is 4.19. The molecule has 1 aromatic rings. The highest BCUT2D eigenvalue weighted by molar-refractivity contribution is 5.50. The van der Waals surface area contributed by atoms with Gasteiger partial charge in [0, 0.05) is 24.3 Å². The molecule has 1 heterocycles. The van der Waals surface area contributed by atoms with E-state index in [0.717, 1.165) is 19.6 Å². The predicted molar refractivity (Wildman–Crippen MR) is 84.0 cm³/mol. The van der Waals surface area contributed by atoms with Crippen LogP contribution in [0.25, 0.3) is 0 Å². The Hall–Kier alpha value is -1.02. The minimum atomic E-state index is 0.171. The Bertz CT molecular complexity index is 406. The van der Waals surface area contributed by atoms with Crippen LogP contribution in [-0.4, -0.2) is 25.2 Å². The standard InChI is InChI=1S/C17H28N2/c1-13(2)15-6-8-16(9-7-15)19-11-14(3)10-18-12-17(19,4)5/h6-9,13-14,18H,10-12H2,1-5H3. The number of nitrogens with zero attached hydrogens (tertiary/aromatic N) is 1. The first kappa shape index (κ1) is 14.4. The van der Waals surface area contributed by atoms with E-state index in [9.17, 15) is 0 Å². The molecule has 1 N–H and O–H groups in total. The van der Waals surface area contributed by atoms with Crippen LogP contribution in [0.5, 0.6) is 0 Å². The Labute approximate surface area is 118 Å². The summed E-state index contributed by atoms with van der Waals surface area (Å²) in [5.41, 5.74) is 2.94. The van der Waals surface area contributed by atoms with Crippen molar-refractivity contribution in [3.8, 4) is 0 Å². The van der Waals surface area contributed by atoms with Gasteiger partial charge in [0.2, 0.25) is 0 Å². The van der Waals surface area contributed by atoms with Gasteiger partial charge in [0.1, 0.15) is 0 Å². The van der Waals surface area contributed by atoms with Crippen molar-refractivity contribution < 1.29 is 0 Å². The topological polar surface area (TPSA) is 15.3 Å². The van der Waals surface area contributed by atoms with E-state index in [-0.39, 0.29) is 5.54 Å². The molecule has 0 radical (unpaired) electrons. The molecular weight excluding hydrogens is 232 g/mol. The zero-order valence-corrected chi connectivity index (χ0v) is 13.0. The van der Waals surface area contributed by atoms with Gasteiger partial charge in [-0.2, -0.15) is 0 Å². The van der Waals surface area contributed by atoms with Gasteiger partial charge in [-0.1, -0.05) is 32.9 Å². The third kappa shape index (κ3) is 3.30. The van der Waals surface area contributed by atoms with Gasteiger partial charge in [-0.25, -0.2) is 0 Å². The molecule has 2 rings (SSSR count). The highest BCUT2D eigenvalue weighted by Gasteiger charge is 2.30. The van der Waals surface area contributed by atoms with E-state index in [1.807, 2.05) is 0 Å². The molecule has 2 heteroatoms. The van der Waals surface area contributed by atoms with Crippen molar-refractivity contribution in [3.63, 3.8) is 0 Å². The van der Waals surface area contributed by atoms with Crippen molar-refractivity contribution in [2.45, 2.75) is 46.1 Å². The smallest absolute Gasteiger partial charge is 0.0470 e. The van der Waals surface area contributed by atoms with Crippen molar-refractivity contribution in [1.82, 2.24) is 5.32 Å². The second-order valence-corrected chi connectivity index (χ2v) is 6.91. The fourth-order valence-corrected chi connectivity index (χ4v) is 2.84. The van der Waals surface area contributed by atoms with Gasteiger partial charge in [0.15, 0.2) is 0 Å². The van der Waals surface area contributed by atoms with E-state index < -0.39 is 0 Å². The average Bonchev–Trinajstić information content (AvgIpc) is 2.48. The number of rotatable bonds is 2. The minimum absolute atomic E-state index is 0.171. The van der Waals surface area contributed by atoms with Crippen molar-refractivity contribution in [2.75, 3.05) is 24.5 Å². The van der Waals surface area contributed by atoms with Crippen LogP contribution in [0.4, 0.5) is 5.69 Å². The lowest BCUT2D eigenvalue weighted by molar-refractivity contribution is 0.460. The average molecular weight is 260 g/mol. The summed E-state index contributed by atoms with van der Waals surface area (Å²) in [4.78, 5) is 2.56. The first-order valence-electron chi connectivity index (χ1n) is 7.48. The Morgan fingerprint density at radius 2 is 1.84 bits per heavy atom. The van der Waals surface area contributed by atoms with Crippen LogP contribution in [0, 0.1) is 5.92 Å². The van der Waals surface area contributed by atoms with Crippen LogP contribution in [0.2, 0.25) is 0 Å². The highest BCUT2D eigenvalue weighted by Crippen LogP contribution is 2.28. The maximum atomic E-state index is 3.57. The summed E-state index contributed by atoms with van der Waals surface area (Å²) >= 11 is 0. The molecule has 19 heavy (non-hydrogen) atoms. The zero-order chi connectivity index (χ0) is 14.0. The van der Waals surface area contributed by atoms with Gasteiger partial charge >= 0.3 is 0 Å². The van der Waals surface area contributed by atoms with Crippen LogP contribution in [-0.2, 0) is 0 Å². The SMILES string of the molecule is CC1CNCC(C)(C)N(c2ccc(C(C)C)cc2)C1. The number of hydrogen-bond acceptors (Lipinski definition) is 2. The lowest BCUT2D eigenvalue weighted by Crippen LogP contribution is -2.49. The van der Waals surface area contributed by atoms with Crippen LogP contribution in [0.1, 0.15) is 46.1 Å². The monoisotopic (exact) mass is 260 g/mol. The molecule has 1 atom stereocenters. The van der Waals surface area contributed by atoms with Gasteiger partial charge in [0.05, 0.1) is 0 Å². The molecule has 1 aliphatic rings. The minimum Gasteiger partial charge on any atom is -0.365 e. The van der Waals surface area contributed by atoms with Gasteiger partial charge in [-0.05, 0) is 49.9 Å². The molecule has 1 aromatic carbocycles. The second-order valence-electron chi connectivity index (χ2n) is 6.91. The number of benzene rings is 1. The van der Waals surface area contributed by atoms with Crippen molar-refractivity contribution in [3.05, 3.63) is 29.8 Å². The van der Waals surface area contributed by atoms with Gasteiger partial charge in [-0.3, -0.25) is 0 Å². The van der Waals surface area contributed by atoms with E-state index in [2.05, 4.69) is 69.1 Å². The molecule has 1 fully saturated rings. The lowest BCUT2D eigenvalue weighted by atomic mass is 9.99. The number of hydrogen-bond donors (Lipinski definition) is 1. The Balaban J connectivity index is 2.26. The highest BCUT2D eigenvalue weighted by atomic mass is 15.2. The molecule has 1 unspecified atom stereocenters. The van der Waals surface area contributed by atoms with Crippen molar-refractivity contribution in [2.24, 2.45) is 5.92 Å². The van der Waals surface area contributed by atoms with Crippen LogP contribution in [0.15, 0.2) is 24.3 Å². The van der Waals surface area contributed by atoms with E-state index in [4.69, 9.17) is 0 Å². The molecule has 0 spiro atoms. The third-order valence-corrected chi connectivity index (χ3v) is 4.15. The van der Waals surface area contributed by atoms with Crippen molar-refractivity contribution in [1.29, 1.82) is 0 Å². The van der Waals surface area contributed by atoms with Crippen LogP contribution >= 0.6 is 0 Å². The zero-order valence-electron chi connectivity index (χ0n) is 13.0. The maximum absolute atomic E-state index is 3.57. The summed E-state index contributed by atoms with van der Waals surface area (Å²) < 4.78 is 0.